The third kappa shape index (κ3) is 2.58. The Morgan fingerprint density at radius 2 is 2.27 bits per heavy atom. The van der Waals surface area contributed by atoms with E-state index in [2.05, 4.69) is 6.08 Å². The second-order valence-corrected chi connectivity index (χ2v) is 4.12. The molecule has 1 aromatic rings. The molecule has 2 heteroatoms. The molecule has 1 aliphatic rings. The number of carbonyl (C=O) groups excluding carboxylic acids is 1. The van der Waals surface area contributed by atoms with E-state index in [-0.39, 0.29) is 5.78 Å². The predicted octanol–water partition coefficient (Wildman–Crippen LogP) is 3.66. The van der Waals surface area contributed by atoms with E-state index in [4.69, 9.17) is 4.42 Å². The largest absolute Gasteiger partial charge is 0.458 e. The fourth-order valence-electron chi connectivity index (χ4n) is 1.94. The molecule has 1 heterocycles. The molecule has 0 aliphatic heterocycles. The molecule has 0 spiro atoms. The Morgan fingerprint density at radius 3 is 2.87 bits per heavy atom. The van der Waals surface area contributed by atoms with Crippen LogP contribution in [0.25, 0.3) is 0 Å². The zero-order valence-corrected chi connectivity index (χ0v) is 9.08. The minimum absolute atomic E-state index is 0.108. The van der Waals surface area contributed by atoms with Crippen LogP contribution in [0.2, 0.25) is 0 Å². The molecule has 2 nitrogen and oxygen atoms in total. The molecule has 1 aliphatic carbocycles. The third-order valence-electron chi connectivity index (χ3n) is 2.79. The minimum Gasteiger partial charge on any atom is -0.458 e. The van der Waals surface area contributed by atoms with Gasteiger partial charge in [0.25, 0.3) is 0 Å². The zero-order chi connectivity index (χ0) is 10.7. The van der Waals surface area contributed by atoms with E-state index in [1.807, 2.05) is 13.0 Å². The van der Waals surface area contributed by atoms with Crippen molar-refractivity contribution in [2.75, 3.05) is 0 Å². The van der Waals surface area contributed by atoms with Gasteiger partial charge in [0, 0.05) is 6.42 Å². The Kier molecular flexibility index (Phi) is 3.05. The number of hydrogen-bond donors (Lipinski definition) is 0. The smallest absolute Gasteiger partial charge is 0.202 e. The summed E-state index contributed by atoms with van der Waals surface area (Å²) in [6.45, 7) is 1.86. The van der Waals surface area contributed by atoms with E-state index in [1.54, 1.807) is 6.07 Å². The van der Waals surface area contributed by atoms with Crippen LogP contribution in [0.1, 0.15) is 48.4 Å². The molecule has 0 atom stereocenters. The lowest BCUT2D eigenvalue weighted by molar-refractivity contribution is 0.0963. The van der Waals surface area contributed by atoms with Crippen LogP contribution < -0.4 is 0 Å². The van der Waals surface area contributed by atoms with Crippen LogP contribution in [-0.2, 0) is 0 Å². The average Bonchev–Trinajstić information content (AvgIpc) is 2.66. The van der Waals surface area contributed by atoms with Gasteiger partial charge in [-0.3, -0.25) is 4.79 Å². The Labute approximate surface area is 90.0 Å². The SMILES string of the molecule is Cc1ccc(C(=O)CC2=CCCCC2)o1. The molecular formula is C13H16O2. The summed E-state index contributed by atoms with van der Waals surface area (Å²) < 4.78 is 5.31. The molecule has 0 radical (unpaired) electrons. The first kappa shape index (κ1) is 10.2. The molecule has 1 aromatic heterocycles. The summed E-state index contributed by atoms with van der Waals surface area (Å²) in [4.78, 5) is 11.8. The number of rotatable bonds is 3. The molecule has 2 rings (SSSR count). The molecule has 0 aromatic carbocycles. The molecule has 0 N–H and O–H groups in total. The van der Waals surface area contributed by atoms with Gasteiger partial charge in [-0.1, -0.05) is 11.6 Å². The maximum absolute atomic E-state index is 11.8. The van der Waals surface area contributed by atoms with Gasteiger partial charge in [0.2, 0.25) is 5.78 Å². The molecule has 0 amide bonds. The van der Waals surface area contributed by atoms with E-state index in [0.29, 0.717) is 12.2 Å². The van der Waals surface area contributed by atoms with Crippen LogP contribution >= 0.6 is 0 Å². The summed E-state index contributed by atoms with van der Waals surface area (Å²) >= 11 is 0. The number of furan rings is 1. The number of ketones is 1. The average molecular weight is 204 g/mol. The van der Waals surface area contributed by atoms with Crippen molar-refractivity contribution in [1.29, 1.82) is 0 Å². The maximum Gasteiger partial charge on any atom is 0.202 e. The Hall–Kier alpha value is -1.31. The first-order valence-electron chi connectivity index (χ1n) is 5.53. The Balaban J connectivity index is 2.00. The fraction of sp³-hybridized carbons (Fsp3) is 0.462. The standard InChI is InChI=1S/C13H16O2/c1-10-7-8-13(15-10)12(14)9-11-5-3-2-4-6-11/h5,7-8H,2-4,6,9H2,1H3. The van der Waals surface area contributed by atoms with E-state index >= 15 is 0 Å². The second kappa shape index (κ2) is 4.47. The van der Waals surface area contributed by atoms with Crippen LogP contribution in [0.5, 0.6) is 0 Å². The van der Waals surface area contributed by atoms with E-state index in [1.165, 1.54) is 18.4 Å². The van der Waals surface area contributed by atoms with Gasteiger partial charge in [-0.25, -0.2) is 0 Å². The van der Waals surface area contributed by atoms with Crippen LogP contribution in [-0.4, -0.2) is 5.78 Å². The molecular weight excluding hydrogens is 188 g/mol. The van der Waals surface area contributed by atoms with Crippen molar-refractivity contribution in [1.82, 2.24) is 0 Å². The minimum atomic E-state index is 0.108. The van der Waals surface area contributed by atoms with Crippen molar-refractivity contribution in [3.05, 3.63) is 35.3 Å². The highest BCUT2D eigenvalue weighted by molar-refractivity contribution is 5.95. The topological polar surface area (TPSA) is 30.2 Å². The first-order valence-corrected chi connectivity index (χ1v) is 5.53. The quantitative estimate of drug-likeness (QED) is 0.555. The van der Waals surface area contributed by atoms with Crippen molar-refractivity contribution >= 4 is 5.78 Å². The normalized spacial score (nSPS) is 16.2. The molecule has 0 saturated heterocycles. The number of allylic oxidation sites excluding steroid dienone is 2. The summed E-state index contributed by atoms with van der Waals surface area (Å²) in [5.74, 6) is 1.41. The van der Waals surface area contributed by atoms with Gasteiger partial charge in [0.15, 0.2) is 5.76 Å². The Bertz CT molecular complexity index is 385. The molecule has 0 unspecified atom stereocenters. The van der Waals surface area contributed by atoms with E-state index in [0.717, 1.165) is 18.6 Å². The van der Waals surface area contributed by atoms with Gasteiger partial charge in [-0.05, 0) is 44.7 Å². The van der Waals surface area contributed by atoms with Crippen LogP contribution in [0.15, 0.2) is 28.2 Å². The monoisotopic (exact) mass is 204 g/mol. The number of hydrogen-bond acceptors (Lipinski definition) is 2. The first-order chi connectivity index (χ1) is 7.25. The van der Waals surface area contributed by atoms with Gasteiger partial charge in [0.05, 0.1) is 0 Å². The van der Waals surface area contributed by atoms with Crippen molar-refractivity contribution in [2.24, 2.45) is 0 Å². The summed E-state index contributed by atoms with van der Waals surface area (Å²) in [7, 11) is 0. The highest BCUT2D eigenvalue weighted by Crippen LogP contribution is 2.22. The van der Waals surface area contributed by atoms with Gasteiger partial charge in [-0.2, -0.15) is 0 Å². The fourth-order valence-corrected chi connectivity index (χ4v) is 1.94. The highest BCUT2D eigenvalue weighted by atomic mass is 16.3. The second-order valence-electron chi connectivity index (χ2n) is 4.12. The third-order valence-corrected chi connectivity index (χ3v) is 2.79. The van der Waals surface area contributed by atoms with Crippen molar-refractivity contribution in [3.63, 3.8) is 0 Å². The van der Waals surface area contributed by atoms with Crippen molar-refractivity contribution in [2.45, 2.75) is 39.0 Å². The lowest BCUT2D eigenvalue weighted by Gasteiger charge is -2.10. The molecule has 80 valence electrons. The molecule has 15 heavy (non-hydrogen) atoms. The van der Waals surface area contributed by atoms with Crippen molar-refractivity contribution < 1.29 is 9.21 Å². The molecule has 0 fully saturated rings. The number of Topliss-reactive ketones (excluding diaryl/α,β-unsaturated/α-hetero) is 1. The van der Waals surface area contributed by atoms with Gasteiger partial charge < -0.3 is 4.42 Å². The summed E-state index contributed by atoms with van der Waals surface area (Å²) in [5, 5.41) is 0. The Morgan fingerprint density at radius 1 is 1.40 bits per heavy atom. The lowest BCUT2D eigenvalue weighted by Crippen LogP contribution is -2.01. The predicted molar refractivity (Wildman–Crippen MR) is 58.9 cm³/mol. The maximum atomic E-state index is 11.8. The van der Waals surface area contributed by atoms with Crippen LogP contribution in [0, 0.1) is 6.92 Å². The lowest BCUT2D eigenvalue weighted by atomic mass is 9.95. The van der Waals surface area contributed by atoms with Gasteiger partial charge in [0.1, 0.15) is 5.76 Å². The van der Waals surface area contributed by atoms with Crippen LogP contribution in [0.3, 0.4) is 0 Å². The van der Waals surface area contributed by atoms with Crippen LogP contribution in [0.4, 0.5) is 0 Å². The number of aryl methyl sites for hydroxylation is 1. The summed E-state index contributed by atoms with van der Waals surface area (Å²) in [6.07, 6.45) is 7.42. The summed E-state index contributed by atoms with van der Waals surface area (Å²) in [6, 6.07) is 3.60. The van der Waals surface area contributed by atoms with Crippen molar-refractivity contribution in [3.8, 4) is 0 Å². The van der Waals surface area contributed by atoms with E-state index in [9.17, 15) is 4.79 Å². The van der Waals surface area contributed by atoms with E-state index < -0.39 is 0 Å². The zero-order valence-electron chi connectivity index (χ0n) is 9.08. The summed E-state index contributed by atoms with van der Waals surface area (Å²) in [5.41, 5.74) is 1.28. The molecule has 0 saturated carbocycles. The molecule has 0 bridgehead atoms. The number of carbonyl (C=O) groups is 1. The van der Waals surface area contributed by atoms with Gasteiger partial charge >= 0.3 is 0 Å². The van der Waals surface area contributed by atoms with Gasteiger partial charge in [-0.15, -0.1) is 0 Å². The highest BCUT2D eigenvalue weighted by Gasteiger charge is 2.13.